The molecule has 0 unspecified atom stereocenters. The zero-order chi connectivity index (χ0) is 22.7. The second-order valence-corrected chi connectivity index (χ2v) is 7.89. The normalized spacial score (nSPS) is 11.5. The SMILES string of the molecule is CCC(O)(CC)c1nnc(NCc2ccc3c(-c4cccc(C)c4)cc(C#N)nc3c2)o1. The van der Waals surface area contributed by atoms with Crippen molar-refractivity contribution in [1.82, 2.24) is 15.2 Å². The predicted octanol–water partition coefficient (Wildman–Crippen LogP) is 5.08. The third-order valence-electron chi connectivity index (χ3n) is 5.75. The van der Waals surface area contributed by atoms with Gasteiger partial charge in [-0.25, -0.2) is 4.98 Å². The first kappa shape index (κ1) is 21.5. The van der Waals surface area contributed by atoms with Gasteiger partial charge in [0, 0.05) is 11.9 Å². The number of fused-ring (bicyclic) bond motifs is 1. The smallest absolute Gasteiger partial charge is 0.315 e. The second-order valence-electron chi connectivity index (χ2n) is 7.89. The van der Waals surface area contributed by atoms with Gasteiger partial charge in [-0.05, 0) is 48.6 Å². The van der Waals surface area contributed by atoms with E-state index in [4.69, 9.17) is 4.42 Å². The van der Waals surface area contributed by atoms with E-state index >= 15 is 0 Å². The van der Waals surface area contributed by atoms with E-state index in [1.807, 2.05) is 63.2 Å². The number of pyridine rings is 1. The number of hydrogen-bond acceptors (Lipinski definition) is 7. The van der Waals surface area contributed by atoms with Crippen LogP contribution in [0.3, 0.4) is 0 Å². The highest BCUT2D eigenvalue weighted by Gasteiger charge is 2.31. The quantitative estimate of drug-likeness (QED) is 0.423. The third-order valence-corrected chi connectivity index (χ3v) is 5.75. The average Bonchev–Trinajstić information content (AvgIpc) is 3.31. The molecule has 162 valence electrons. The van der Waals surface area contributed by atoms with Crippen LogP contribution in [0.15, 0.2) is 52.9 Å². The van der Waals surface area contributed by atoms with Crippen LogP contribution in [0.5, 0.6) is 0 Å². The monoisotopic (exact) mass is 427 g/mol. The van der Waals surface area contributed by atoms with E-state index in [0.717, 1.165) is 33.2 Å². The van der Waals surface area contributed by atoms with Crippen LogP contribution in [0.1, 0.15) is 49.4 Å². The molecule has 7 nitrogen and oxygen atoms in total. The van der Waals surface area contributed by atoms with Gasteiger partial charge in [-0.3, -0.25) is 0 Å². The van der Waals surface area contributed by atoms with Crippen molar-refractivity contribution in [3.8, 4) is 17.2 Å². The van der Waals surface area contributed by atoms with Crippen molar-refractivity contribution in [3.63, 3.8) is 0 Å². The van der Waals surface area contributed by atoms with Crippen molar-refractivity contribution in [2.75, 3.05) is 5.32 Å². The molecule has 0 fully saturated rings. The zero-order valence-corrected chi connectivity index (χ0v) is 18.4. The van der Waals surface area contributed by atoms with Gasteiger partial charge in [-0.15, -0.1) is 5.10 Å². The van der Waals surface area contributed by atoms with Gasteiger partial charge >= 0.3 is 6.01 Å². The first-order valence-electron chi connectivity index (χ1n) is 10.7. The van der Waals surface area contributed by atoms with E-state index in [1.165, 1.54) is 0 Å². The minimum atomic E-state index is -1.11. The lowest BCUT2D eigenvalue weighted by molar-refractivity contribution is 0.00206. The Kier molecular flexibility index (Phi) is 5.89. The fourth-order valence-corrected chi connectivity index (χ4v) is 3.71. The molecule has 4 rings (SSSR count). The number of nitrogens with one attached hydrogen (secondary N) is 1. The van der Waals surface area contributed by atoms with Crippen molar-refractivity contribution >= 4 is 16.9 Å². The van der Waals surface area contributed by atoms with Crippen LogP contribution >= 0.6 is 0 Å². The standard InChI is InChI=1S/C25H25N5O2/c1-4-25(31,5-2)23-29-30-24(32-23)27-15-17-9-10-20-21(18-8-6-7-16(3)11-18)13-19(14-26)28-22(20)12-17/h6-13,31H,4-5,15H2,1-3H3,(H,27,30). The summed E-state index contributed by atoms with van der Waals surface area (Å²) in [6.45, 7) is 6.24. The molecule has 4 aromatic rings. The minimum absolute atomic E-state index is 0.214. The fraction of sp³-hybridized carbons (Fsp3) is 0.280. The number of aliphatic hydroxyl groups is 1. The van der Waals surface area contributed by atoms with Crippen molar-refractivity contribution < 1.29 is 9.52 Å². The number of aromatic nitrogens is 3. The molecule has 0 spiro atoms. The number of nitrogens with zero attached hydrogens (tertiary/aromatic N) is 4. The maximum absolute atomic E-state index is 10.5. The van der Waals surface area contributed by atoms with Crippen molar-refractivity contribution in [2.24, 2.45) is 0 Å². The predicted molar refractivity (Wildman–Crippen MR) is 123 cm³/mol. The Bertz CT molecular complexity index is 1300. The summed E-state index contributed by atoms with van der Waals surface area (Å²) in [4.78, 5) is 4.50. The van der Waals surface area contributed by atoms with Crippen LogP contribution in [0.4, 0.5) is 6.01 Å². The largest absolute Gasteiger partial charge is 0.405 e. The van der Waals surface area contributed by atoms with Crippen LogP contribution in [-0.2, 0) is 12.1 Å². The molecule has 0 atom stereocenters. The molecule has 0 saturated heterocycles. The molecular weight excluding hydrogens is 402 g/mol. The van der Waals surface area contributed by atoms with E-state index in [9.17, 15) is 10.4 Å². The lowest BCUT2D eigenvalue weighted by atomic mass is 9.98. The summed E-state index contributed by atoms with van der Waals surface area (Å²) >= 11 is 0. The van der Waals surface area contributed by atoms with Crippen LogP contribution in [0.2, 0.25) is 0 Å². The Labute approximate surface area is 186 Å². The molecule has 0 saturated carbocycles. The number of anilines is 1. The molecule has 0 bridgehead atoms. The summed E-state index contributed by atoms with van der Waals surface area (Å²) in [6.07, 6.45) is 0.984. The summed E-state index contributed by atoms with van der Waals surface area (Å²) < 4.78 is 5.62. The highest BCUT2D eigenvalue weighted by atomic mass is 16.4. The molecule has 0 aliphatic rings. The van der Waals surface area contributed by atoms with Crippen molar-refractivity contribution in [2.45, 2.75) is 45.8 Å². The molecule has 0 radical (unpaired) electrons. The van der Waals surface area contributed by atoms with E-state index in [0.29, 0.717) is 25.1 Å². The fourth-order valence-electron chi connectivity index (χ4n) is 3.71. The maximum Gasteiger partial charge on any atom is 0.315 e. The Balaban J connectivity index is 1.62. The molecule has 32 heavy (non-hydrogen) atoms. The molecule has 2 aromatic heterocycles. The molecule has 2 heterocycles. The first-order chi connectivity index (χ1) is 15.5. The number of hydrogen-bond donors (Lipinski definition) is 2. The van der Waals surface area contributed by atoms with Gasteiger partial charge in [0.05, 0.1) is 5.52 Å². The van der Waals surface area contributed by atoms with Gasteiger partial charge in [-0.1, -0.05) is 60.9 Å². The molecule has 2 aromatic carbocycles. The van der Waals surface area contributed by atoms with Gasteiger partial charge in [0.25, 0.3) is 0 Å². The van der Waals surface area contributed by atoms with Crippen LogP contribution < -0.4 is 5.32 Å². The van der Waals surface area contributed by atoms with Gasteiger partial charge in [-0.2, -0.15) is 5.26 Å². The Morgan fingerprint density at radius 3 is 2.62 bits per heavy atom. The van der Waals surface area contributed by atoms with Gasteiger partial charge in [0.2, 0.25) is 5.89 Å². The number of rotatable bonds is 7. The molecule has 0 amide bonds. The molecule has 0 aliphatic carbocycles. The topological polar surface area (TPSA) is 108 Å². The van der Waals surface area contributed by atoms with Gasteiger partial charge < -0.3 is 14.8 Å². The summed E-state index contributed by atoms with van der Waals surface area (Å²) in [6, 6.07) is 18.4. The van der Waals surface area contributed by atoms with Crippen LogP contribution in [0.25, 0.3) is 22.0 Å². The number of benzene rings is 2. The Morgan fingerprint density at radius 1 is 1.09 bits per heavy atom. The highest BCUT2D eigenvalue weighted by molar-refractivity contribution is 5.95. The maximum atomic E-state index is 10.5. The summed E-state index contributed by atoms with van der Waals surface area (Å²) in [5.41, 5.74) is 4.16. The van der Waals surface area contributed by atoms with Crippen molar-refractivity contribution in [3.05, 3.63) is 71.2 Å². The van der Waals surface area contributed by atoms with E-state index < -0.39 is 5.60 Å². The zero-order valence-electron chi connectivity index (χ0n) is 18.4. The minimum Gasteiger partial charge on any atom is -0.405 e. The Morgan fingerprint density at radius 2 is 1.91 bits per heavy atom. The van der Waals surface area contributed by atoms with Crippen molar-refractivity contribution in [1.29, 1.82) is 5.26 Å². The average molecular weight is 428 g/mol. The van der Waals surface area contributed by atoms with Gasteiger partial charge in [0.1, 0.15) is 17.4 Å². The first-order valence-corrected chi connectivity index (χ1v) is 10.7. The number of nitriles is 1. The van der Waals surface area contributed by atoms with Crippen LogP contribution in [0, 0.1) is 18.3 Å². The summed E-state index contributed by atoms with van der Waals surface area (Å²) in [7, 11) is 0. The van der Waals surface area contributed by atoms with E-state index in [1.54, 1.807) is 0 Å². The summed E-state index contributed by atoms with van der Waals surface area (Å²) in [5, 5.41) is 32.1. The van der Waals surface area contributed by atoms with Gasteiger partial charge in [0.15, 0.2) is 0 Å². The van der Waals surface area contributed by atoms with E-state index in [-0.39, 0.29) is 11.9 Å². The second kappa shape index (κ2) is 8.77. The van der Waals surface area contributed by atoms with E-state index in [2.05, 4.69) is 32.6 Å². The molecule has 0 aliphatic heterocycles. The molecule has 2 N–H and O–H groups in total. The molecule has 7 heteroatoms. The lowest BCUT2D eigenvalue weighted by Gasteiger charge is -2.19. The van der Waals surface area contributed by atoms with Crippen LogP contribution in [-0.4, -0.2) is 20.3 Å². The highest BCUT2D eigenvalue weighted by Crippen LogP contribution is 2.31. The summed E-state index contributed by atoms with van der Waals surface area (Å²) in [5.74, 6) is 0.214. The Hall–Kier alpha value is -3.76. The number of aryl methyl sites for hydroxylation is 1. The lowest BCUT2D eigenvalue weighted by Crippen LogP contribution is -2.23. The third kappa shape index (κ3) is 4.18. The molecular formula is C25H25N5O2.